The van der Waals surface area contributed by atoms with Crippen molar-refractivity contribution in [2.24, 2.45) is 23.2 Å². The number of aliphatic carboxylic acids is 1. The van der Waals surface area contributed by atoms with Crippen molar-refractivity contribution in [3.8, 4) is 22.9 Å². The third-order valence-corrected chi connectivity index (χ3v) is 14.6. The normalized spacial score (nSPS) is 27.1. The Kier molecular flexibility index (Phi) is 13.1. The maximum atomic E-state index is 14.8. The fourth-order valence-corrected chi connectivity index (χ4v) is 10.9. The van der Waals surface area contributed by atoms with Crippen LogP contribution in [0.4, 0.5) is 9.93 Å². The second-order valence-electron chi connectivity index (χ2n) is 19.6. The number of carboxylic acid groups (broad SMARTS) is 1. The first-order chi connectivity index (χ1) is 30.0. The van der Waals surface area contributed by atoms with Crippen LogP contribution < -0.4 is 25.4 Å². The number of carboxylic acids is 1. The molecule has 0 spiro atoms. The summed E-state index contributed by atoms with van der Waals surface area (Å²) in [6, 6.07) is 3.46. The van der Waals surface area contributed by atoms with E-state index in [1.54, 1.807) is 6.07 Å². The van der Waals surface area contributed by atoms with Crippen molar-refractivity contribution >= 4 is 62.8 Å². The highest BCUT2D eigenvalue weighted by atomic mass is 35.5. The molecule has 1 aromatic carbocycles. The molecular formula is C46H62ClN7O8S. The van der Waals surface area contributed by atoms with Gasteiger partial charge in [-0.3, -0.25) is 14.5 Å². The van der Waals surface area contributed by atoms with Crippen LogP contribution in [0.5, 0.6) is 11.5 Å². The molecule has 8 atom stereocenters. The van der Waals surface area contributed by atoms with Gasteiger partial charge in [0.15, 0.2) is 5.13 Å². The number of hydrogen-bond acceptors (Lipinski definition) is 12. The number of likely N-dealkylation sites (tertiary alicyclic amines) is 2. The van der Waals surface area contributed by atoms with E-state index in [2.05, 4.69) is 20.9 Å². The number of rotatable bonds is 16. The van der Waals surface area contributed by atoms with E-state index < -0.39 is 53.0 Å². The van der Waals surface area contributed by atoms with Crippen molar-refractivity contribution in [3.63, 3.8) is 0 Å². The molecule has 5 aliphatic rings. The van der Waals surface area contributed by atoms with E-state index >= 15 is 0 Å². The summed E-state index contributed by atoms with van der Waals surface area (Å²) in [4.78, 5) is 68.7. The second kappa shape index (κ2) is 18.2. The third kappa shape index (κ3) is 9.97. The lowest BCUT2D eigenvalue weighted by atomic mass is 9.85. The molecule has 0 bridgehead atoms. The van der Waals surface area contributed by atoms with Crippen LogP contribution >= 0.6 is 22.9 Å². The quantitative estimate of drug-likeness (QED) is 0.112. The second-order valence-corrected chi connectivity index (χ2v) is 20.9. The van der Waals surface area contributed by atoms with Gasteiger partial charge in [0.05, 0.1) is 17.8 Å². The lowest BCUT2D eigenvalue weighted by Crippen LogP contribution is -2.59. The first-order valence-electron chi connectivity index (χ1n) is 22.7. The van der Waals surface area contributed by atoms with Gasteiger partial charge in [0.1, 0.15) is 58.7 Å². The lowest BCUT2D eigenvalue weighted by molar-refractivity contribution is -0.146. The van der Waals surface area contributed by atoms with Crippen LogP contribution in [0.2, 0.25) is 5.02 Å². The summed E-state index contributed by atoms with van der Waals surface area (Å²) in [6.07, 6.45) is 5.78. The minimum atomic E-state index is -1.41. The monoisotopic (exact) mass is 907 g/mol. The van der Waals surface area contributed by atoms with Crippen molar-refractivity contribution in [3.05, 3.63) is 28.6 Å². The number of aromatic nitrogens is 2. The number of benzene rings is 1. The number of fused-ring (bicyclic) bond motifs is 2. The van der Waals surface area contributed by atoms with Gasteiger partial charge in [-0.25, -0.2) is 19.6 Å². The molecule has 342 valence electrons. The van der Waals surface area contributed by atoms with Crippen molar-refractivity contribution in [2.45, 2.75) is 135 Å². The number of hydrogen-bond donors (Lipinski definition) is 4. The number of anilines is 1. The highest BCUT2D eigenvalue weighted by Gasteiger charge is 2.61. The molecular weight excluding hydrogens is 846 g/mol. The zero-order chi connectivity index (χ0) is 44.8. The predicted octanol–water partition coefficient (Wildman–Crippen LogP) is 7.35. The van der Waals surface area contributed by atoms with Crippen LogP contribution in [0.15, 0.2) is 23.6 Å². The van der Waals surface area contributed by atoms with E-state index in [0.717, 1.165) is 37.6 Å². The van der Waals surface area contributed by atoms with Gasteiger partial charge in [-0.1, -0.05) is 52.1 Å². The number of halogens is 1. The number of carbonyl (C=O) groups excluding carboxylic acids is 3. The van der Waals surface area contributed by atoms with E-state index in [9.17, 15) is 24.3 Å². The molecule has 4 heterocycles. The molecule has 5 fully saturated rings. The standard InChI is InChI=1S/C46H62ClN7O8S/c1-7-28-22-46(28,42(57)58)52-40(55)34-20-30(23-54(34)41(56)39(45(4,5)6)51-44(59)62-29-18-26-17-27(26)19-29)61-36-21-32(33-24-63-43(50-33)48-25(2)3)49-38-31(36)11-12-35(37(38)47)60-16-15-53-13-9-8-10-14-53/h11-12,21,24-30,34,39H,7-10,13-20,22-23H2,1-6H3,(H,48,50)(H,51,59)(H,52,55)(H,57,58)/t26-,27+,28-,29+,30-,34+,39-,46-/m1/s1. The molecule has 2 aliphatic heterocycles. The van der Waals surface area contributed by atoms with Crippen LogP contribution in [0.25, 0.3) is 22.3 Å². The highest BCUT2D eigenvalue weighted by Crippen LogP contribution is 2.52. The molecule has 17 heteroatoms. The Morgan fingerprint density at radius 3 is 2.41 bits per heavy atom. The largest absolute Gasteiger partial charge is 0.491 e. The number of alkyl carbamates (subject to hydrolysis) is 1. The molecule has 4 N–H and O–H groups in total. The van der Waals surface area contributed by atoms with Crippen LogP contribution in [0.1, 0.15) is 99.3 Å². The van der Waals surface area contributed by atoms with Gasteiger partial charge in [-0.2, -0.15) is 0 Å². The Labute approximate surface area is 378 Å². The molecule has 3 amide bonds. The SMILES string of the molecule is CC[C@@H]1C[C@]1(NC(=O)[C@@H]1C[C@@H](Oc2cc(-c3csc(NC(C)C)n3)nc3c(Cl)c(OCCN4CCCCC4)ccc23)CN1C(=O)[C@@H](NC(=O)O[C@@H]1C[C@@H]2C[C@@H]2C1)C(C)(C)C)C(=O)O. The Morgan fingerprint density at radius 2 is 1.75 bits per heavy atom. The predicted molar refractivity (Wildman–Crippen MR) is 241 cm³/mol. The summed E-state index contributed by atoms with van der Waals surface area (Å²) in [5.41, 5.74) is -0.626. The first-order valence-corrected chi connectivity index (χ1v) is 24.0. The van der Waals surface area contributed by atoms with E-state index in [-0.39, 0.29) is 31.0 Å². The summed E-state index contributed by atoms with van der Waals surface area (Å²) in [5.74, 6) is -0.300. The maximum absolute atomic E-state index is 14.8. The smallest absolute Gasteiger partial charge is 0.408 e. The van der Waals surface area contributed by atoms with Gasteiger partial charge in [0, 0.05) is 35.8 Å². The minimum absolute atomic E-state index is 0.0206. The van der Waals surface area contributed by atoms with E-state index in [0.29, 0.717) is 70.1 Å². The molecule has 15 nitrogen and oxygen atoms in total. The summed E-state index contributed by atoms with van der Waals surface area (Å²) in [7, 11) is 0. The zero-order valence-corrected chi connectivity index (χ0v) is 38.8. The van der Waals surface area contributed by atoms with E-state index in [1.165, 1.54) is 41.9 Å². The molecule has 3 saturated carbocycles. The highest BCUT2D eigenvalue weighted by molar-refractivity contribution is 7.14. The summed E-state index contributed by atoms with van der Waals surface area (Å²) in [6.45, 7) is 14.8. The molecule has 0 unspecified atom stereocenters. The number of pyridine rings is 1. The van der Waals surface area contributed by atoms with Gasteiger partial charge < -0.3 is 40.2 Å². The maximum Gasteiger partial charge on any atom is 0.408 e. The Balaban J connectivity index is 1.09. The van der Waals surface area contributed by atoms with Crippen LogP contribution in [-0.4, -0.2) is 117 Å². The van der Waals surface area contributed by atoms with Gasteiger partial charge in [0.25, 0.3) is 0 Å². The first kappa shape index (κ1) is 45.2. The van der Waals surface area contributed by atoms with Gasteiger partial charge in [0.2, 0.25) is 11.8 Å². The number of thiazole rings is 1. The van der Waals surface area contributed by atoms with Crippen LogP contribution in [0.3, 0.4) is 0 Å². The van der Waals surface area contributed by atoms with E-state index in [4.69, 9.17) is 35.8 Å². The molecule has 3 aromatic rings. The van der Waals surface area contributed by atoms with Crippen LogP contribution in [-0.2, 0) is 19.1 Å². The van der Waals surface area contributed by atoms with Crippen molar-refractivity contribution in [1.29, 1.82) is 0 Å². The Hall–Kier alpha value is -4.41. The van der Waals surface area contributed by atoms with Crippen molar-refractivity contribution < 1.29 is 38.5 Å². The average Bonchev–Trinajstić information content (AvgIpc) is 3.91. The number of amides is 3. The van der Waals surface area contributed by atoms with Crippen molar-refractivity contribution in [2.75, 3.05) is 38.1 Å². The molecule has 8 rings (SSSR count). The van der Waals surface area contributed by atoms with E-state index in [1.807, 2.05) is 59.1 Å². The van der Waals surface area contributed by atoms with Gasteiger partial charge in [-0.05, 0) is 101 Å². The number of carbonyl (C=O) groups is 4. The zero-order valence-electron chi connectivity index (χ0n) is 37.2. The minimum Gasteiger partial charge on any atom is -0.491 e. The number of piperidine rings is 1. The number of ether oxygens (including phenoxy) is 3. The van der Waals surface area contributed by atoms with Gasteiger partial charge >= 0.3 is 12.1 Å². The molecule has 63 heavy (non-hydrogen) atoms. The number of nitrogens with zero attached hydrogens (tertiary/aromatic N) is 4. The summed E-state index contributed by atoms with van der Waals surface area (Å²) in [5, 5.41) is 22.8. The molecule has 0 radical (unpaired) electrons. The molecule has 3 aliphatic carbocycles. The average molecular weight is 909 g/mol. The summed E-state index contributed by atoms with van der Waals surface area (Å²) < 4.78 is 18.9. The molecule has 2 saturated heterocycles. The third-order valence-electron chi connectivity index (χ3n) is 13.5. The molecule has 2 aromatic heterocycles. The fraction of sp³-hybridized carbons (Fsp3) is 0.652. The van der Waals surface area contributed by atoms with Gasteiger partial charge in [-0.15, -0.1) is 11.3 Å². The topological polar surface area (TPSA) is 185 Å². The summed E-state index contributed by atoms with van der Waals surface area (Å²) >= 11 is 8.58. The number of nitrogens with one attached hydrogen (secondary N) is 3. The Morgan fingerprint density at radius 1 is 1.00 bits per heavy atom. The van der Waals surface area contributed by atoms with Crippen LogP contribution in [0, 0.1) is 23.2 Å². The lowest BCUT2D eigenvalue weighted by Gasteiger charge is -2.35. The Bertz CT molecular complexity index is 2200. The van der Waals surface area contributed by atoms with Crippen molar-refractivity contribution in [1.82, 2.24) is 30.4 Å². The fourth-order valence-electron chi connectivity index (χ4n) is 9.74.